The van der Waals surface area contributed by atoms with Gasteiger partial charge in [-0.1, -0.05) is 37.8 Å². The largest absolute Gasteiger partial charge is 0.497 e. The molecule has 1 saturated heterocycles. The number of imide groups is 1. The highest BCUT2D eigenvalue weighted by atomic mass is 16.5. The molecule has 3 aromatic rings. The first kappa shape index (κ1) is 23.6. The first-order valence-electron chi connectivity index (χ1n) is 13.2. The van der Waals surface area contributed by atoms with Crippen LogP contribution in [0.3, 0.4) is 0 Å². The minimum atomic E-state index is -1.19. The molecule has 37 heavy (non-hydrogen) atoms. The van der Waals surface area contributed by atoms with Gasteiger partial charge >= 0.3 is 6.03 Å². The second kappa shape index (κ2) is 8.94. The SMILES string of the molecule is COc1ccc2[nH]c3c(c2c1)CCN1C(=O)N(c2ccccc2C(=O)NC2CCCCCC2)C(=O)[C@]31C. The molecular weight excluding hydrogens is 468 g/mol. The Bertz CT molecular complexity index is 1400. The quantitative estimate of drug-likeness (QED) is 0.395. The number of anilines is 1. The van der Waals surface area contributed by atoms with Crippen molar-refractivity contribution in [1.82, 2.24) is 15.2 Å². The lowest BCUT2D eigenvalue weighted by atomic mass is 9.87. The highest BCUT2D eigenvalue weighted by molar-refractivity contribution is 6.25. The third-order valence-electron chi connectivity index (χ3n) is 8.35. The average molecular weight is 501 g/mol. The minimum Gasteiger partial charge on any atom is -0.497 e. The van der Waals surface area contributed by atoms with Gasteiger partial charge in [-0.15, -0.1) is 0 Å². The number of urea groups is 1. The molecule has 8 nitrogen and oxygen atoms in total. The third-order valence-corrected chi connectivity index (χ3v) is 8.35. The lowest BCUT2D eigenvalue weighted by molar-refractivity contribution is -0.125. The van der Waals surface area contributed by atoms with Gasteiger partial charge in [-0.25, -0.2) is 9.69 Å². The number of hydrogen-bond donors (Lipinski definition) is 2. The van der Waals surface area contributed by atoms with Crippen LogP contribution in [-0.2, 0) is 16.8 Å². The van der Waals surface area contributed by atoms with Crippen molar-refractivity contribution in [1.29, 1.82) is 0 Å². The van der Waals surface area contributed by atoms with Gasteiger partial charge in [-0.05, 0) is 62.1 Å². The van der Waals surface area contributed by atoms with Crippen molar-refractivity contribution in [2.45, 2.75) is 63.5 Å². The molecular formula is C29H32N4O4. The highest BCUT2D eigenvalue weighted by Gasteiger charge is 2.59. The molecule has 6 rings (SSSR count). The van der Waals surface area contributed by atoms with Crippen LogP contribution in [0, 0.1) is 0 Å². The first-order valence-corrected chi connectivity index (χ1v) is 13.2. The van der Waals surface area contributed by atoms with Crippen molar-refractivity contribution in [3.05, 3.63) is 59.3 Å². The molecule has 8 heteroatoms. The molecule has 2 N–H and O–H groups in total. The molecule has 2 aromatic carbocycles. The molecule has 3 heterocycles. The van der Waals surface area contributed by atoms with Crippen LogP contribution in [0.25, 0.3) is 10.9 Å². The maximum Gasteiger partial charge on any atom is 0.332 e. The van der Waals surface area contributed by atoms with E-state index in [4.69, 9.17) is 4.74 Å². The topological polar surface area (TPSA) is 94.7 Å². The van der Waals surface area contributed by atoms with E-state index in [1.54, 1.807) is 43.2 Å². The Morgan fingerprint density at radius 1 is 1.08 bits per heavy atom. The number of amides is 4. The number of para-hydroxylation sites is 1. The van der Waals surface area contributed by atoms with Crippen LogP contribution in [0.15, 0.2) is 42.5 Å². The number of nitrogens with zero attached hydrogens (tertiary/aromatic N) is 2. The van der Waals surface area contributed by atoms with Crippen molar-refractivity contribution in [2.75, 3.05) is 18.6 Å². The fourth-order valence-electron chi connectivity index (χ4n) is 6.31. The molecule has 2 fully saturated rings. The van der Waals surface area contributed by atoms with E-state index in [0.29, 0.717) is 24.2 Å². The molecule has 192 valence electrons. The van der Waals surface area contributed by atoms with Gasteiger partial charge < -0.3 is 19.9 Å². The van der Waals surface area contributed by atoms with Crippen LogP contribution in [-0.4, -0.2) is 47.4 Å². The van der Waals surface area contributed by atoms with Crippen molar-refractivity contribution in [3.63, 3.8) is 0 Å². The molecule has 1 saturated carbocycles. The summed E-state index contributed by atoms with van der Waals surface area (Å²) in [5, 5.41) is 4.16. The lowest BCUT2D eigenvalue weighted by Gasteiger charge is -2.35. The van der Waals surface area contributed by atoms with Gasteiger partial charge in [0.15, 0.2) is 5.54 Å². The summed E-state index contributed by atoms with van der Waals surface area (Å²) < 4.78 is 5.41. The number of ether oxygens (including phenoxy) is 1. The summed E-state index contributed by atoms with van der Waals surface area (Å²) in [5.74, 6) is 0.147. The fourth-order valence-corrected chi connectivity index (χ4v) is 6.31. The molecule has 4 amide bonds. The normalized spacial score (nSPS) is 22.1. The van der Waals surface area contributed by atoms with E-state index in [0.717, 1.165) is 53.6 Å². The van der Waals surface area contributed by atoms with E-state index in [1.807, 2.05) is 18.2 Å². The molecule has 3 aliphatic rings. The molecule has 2 aliphatic heterocycles. The number of rotatable bonds is 4. The van der Waals surface area contributed by atoms with Crippen LogP contribution in [0.4, 0.5) is 10.5 Å². The van der Waals surface area contributed by atoms with Gasteiger partial charge in [0.1, 0.15) is 5.75 Å². The molecule has 1 aromatic heterocycles. The van der Waals surface area contributed by atoms with Crippen LogP contribution in [0.1, 0.15) is 67.1 Å². The zero-order chi connectivity index (χ0) is 25.7. The molecule has 1 atom stereocenters. The number of carbonyl (C=O) groups excluding carboxylic acids is 3. The first-order chi connectivity index (χ1) is 17.9. The Kier molecular flexibility index (Phi) is 5.70. The lowest BCUT2D eigenvalue weighted by Crippen LogP contribution is -2.49. The third kappa shape index (κ3) is 3.61. The van der Waals surface area contributed by atoms with E-state index < -0.39 is 11.6 Å². The summed E-state index contributed by atoms with van der Waals surface area (Å²) in [6.45, 7) is 2.21. The zero-order valence-electron chi connectivity index (χ0n) is 21.3. The second-order valence-corrected chi connectivity index (χ2v) is 10.5. The van der Waals surface area contributed by atoms with Gasteiger partial charge in [-0.3, -0.25) is 9.59 Å². The summed E-state index contributed by atoms with van der Waals surface area (Å²) >= 11 is 0. The molecule has 0 spiro atoms. The Balaban J connectivity index is 1.37. The van der Waals surface area contributed by atoms with Gasteiger partial charge in [-0.2, -0.15) is 0 Å². The summed E-state index contributed by atoms with van der Waals surface area (Å²) in [4.78, 5) is 47.5. The molecule has 1 aliphatic carbocycles. The van der Waals surface area contributed by atoms with Gasteiger partial charge in [0.25, 0.3) is 11.8 Å². The second-order valence-electron chi connectivity index (χ2n) is 10.5. The minimum absolute atomic E-state index is 0.114. The van der Waals surface area contributed by atoms with E-state index in [2.05, 4.69) is 10.3 Å². The fraction of sp³-hybridized carbons (Fsp3) is 0.414. The maximum atomic E-state index is 14.1. The van der Waals surface area contributed by atoms with E-state index in [1.165, 1.54) is 17.7 Å². The number of aromatic amines is 1. The van der Waals surface area contributed by atoms with Crippen molar-refractivity contribution in [3.8, 4) is 5.75 Å². The average Bonchev–Trinajstić information content (AvgIpc) is 3.22. The van der Waals surface area contributed by atoms with E-state index in [-0.39, 0.29) is 17.9 Å². The van der Waals surface area contributed by atoms with Crippen molar-refractivity contribution in [2.24, 2.45) is 0 Å². The number of aromatic nitrogens is 1. The smallest absolute Gasteiger partial charge is 0.332 e. The number of benzene rings is 2. The zero-order valence-corrected chi connectivity index (χ0v) is 21.3. The molecule has 0 radical (unpaired) electrons. The summed E-state index contributed by atoms with van der Waals surface area (Å²) in [5.41, 5.74) is 2.13. The standard InChI is InChI=1S/C29H32N4O4/c1-29-25-20(22-17-19(37-2)13-14-23(22)31-25)15-16-32(29)28(36)33(27(29)35)24-12-8-7-11-21(24)26(34)30-18-9-5-3-4-6-10-18/h7-8,11-14,17-18,31H,3-6,9-10,15-16H2,1-2H3,(H,30,34)/t29-/m0/s1. The predicted octanol–water partition coefficient (Wildman–Crippen LogP) is 4.87. The number of hydrogen-bond acceptors (Lipinski definition) is 4. The van der Waals surface area contributed by atoms with Gasteiger partial charge in [0.05, 0.1) is 24.1 Å². The van der Waals surface area contributed by atoms with Crippen LogP contribution in [0.2, 0.25) is 0 Å². The number of fused-ring (bicyclic) bond motifs is 5. The summed E-state index contributed by atoms with van der Waals surface area (Å²) in [6, 6.07) is 12.4. The molecule has 0 unspecified atom stereocenters. The van der Waals surface area contributed by atoms with Crippen LogP contribution in [0.5, 0.6) is 5.75 Å². The van der Waals surface area contributed by atoms with Crippen LogP contribution >= 0.6 is 0 Å². The van der Waals surface area contributed by atoms with Crippen LogP contribution < -0.4 is 15.0 Å². The monoisotopic (exact) mass is 500 g/mol. The van der Waals surface area contributed by atoms with Gasteiger partial charge in [0, 0.05) is 23.5 Å². The number of H-pyrrole nitrogens is 1. The van der Waals surface area contributed by atoms with E-state index in [9.17, 15) is 14.4 Å². The highest BCUT2D eigenvalue weighted by Crippen LogP contribution is 2.46. The van der Waals surface area contributed by atoms with Crippen molar-refractivity contribution < 1.29 is 19.1 Å². The summed E-state index contributed by atoms with van der Waals surface area (Å²) in [6.07, 6.45) is 7.11. The van der Waals surface area contributed by atoms with E-state index >= 15 is 0 Å². The Hall–Kier alpha value is -3.81. The Morgan fingerprint density at radius 3 is 2.59 bits per heavy atom. The number of nitrogens with one attached hydrogen (secondary N) is 2. The summed E-state index contributed by atoms with van der Waals surface area (Å²) in [7, 11) is 1.63. The molecule has 0 bridgehead atoms. The predicted molar refractivity (Wildman–Crippen MR) is 141 cm³/mol. The maximum absolute atomic E-state index is 14.1. The Labute approximate surface area is 216 Å². The number of carbonyl (C=O) groups is 3. The number of methoxy groups -OCH3 is 1. The Morgan fingerprint density at radius 2 is 1.84 bits per heavy atom. The van der Waals surface area contributed by atoms with Gasteiger partial charge in [0.2, 0.25) is 0 Å². The van der Waals surface area contributed by atoms with Crippen molar-refractivity contribution >= 4 is 34.4 Å².